The highest BCUT2D eigenvalue weighted by molar-refractivity contribution is 5.54. The highest BCUT2D eigenvalue weighted by atomic mass is 19.4. The zero-order valence-corrected chi connectivity index (χ0v) is 15.7. The molecular weight excluding hydrogens is 371 g/mol. The molecule has 1 atom stereocenters. The summed E-state index contributed by atoms with van der Waals surface area (Å²) in [5.41, 5.74) is 0.767. The van der Waals surface area contributed by atoms with Crippen molar-refractivity contribution < 1.29 is 22.4 Å². The molecule has 0 saturated carbocycles. The number of alkyl halides is 3. The van der Waals surface area contributed by atoms with Gasteiger partial charge in [-0.15, -0.1) is 0 Å². The second-order valence-corrected chi connectivity index (χ2v) is 6.42. The number of hydrogen-bond acceptors (Lipinski definition) is 5. The molecule has 0 N–H and O–H groups in total. The number of para-hydroxylation sites is 1. The van der Waals surface area contributed by atoms with E-state index >= 15 is 0 Å². The molecule has 8 heteroatoms. The fourth-order valence-corrected chi connectivity index (χ4v) is 2.84. The predicted octanol–water partition coefficient (Wildman–Crippen LogP) is 4.96. The molecule has 3 aromatic rings. The van der Waals surface area contributed by atoms with Gasteiger partial charge in [0, 0.05) is 17.2 Å². The Bertz CT molecular complexity index is 923. The molecular formula is C20H20F3N3O2. The van der Waals surface area contributed by atoms with E-state index in [4.69, 9.17) is 9.26 Å². The van der Waals surface area contributed by atoms with Gasteiger partial charge in [-0.25, -0.2) is 0 Å². The first-order valence-electron chi connectivity index (χ1n) is 8.63. The van der Waals surface area contributed by atoms with Crippen LogP contribution >= 0.6 is 0 Å². The Kier molecular flexibility index (Phi) is 5.69. The van der Waals surface area contributed by atoms with Crippen molar-refractivity contribution in [2.75, 3.05) is 14.2 Å². The molecule has 0 spiro atoms. The van der Waals surface area contributed by atoms with Crippen molar-refractivity contribution in [3.05, 3.63) is 65.5 Å². The molecule has 0 amide bonds. The van der Waals surface area contributed by atoms with Gasteiger partial charge in [-0.05, 0) is 32.2 Å². The van der Waals surface area contributed by atoms with Crippen LogP contribution in [0.15, 0.2) is 53.1 Å². The van der Waals surface area contributed by atoms with E-state index in [1.54, 1.807) is 7.11 Å². The lowest BCUT2D eigenvalue weighted by Crippen LogP contribution is -2.22. The molecule has 5 nitrogen and oxygen atoms in total. The van der Waals surface area contributed by atoms with E-state index in [0.717, 1.165) is 23.4 Å². The normalized spacial score (nSPS) is 13.0. The van der Waals surface area contributed by atoms with Gasteiger partial charge in [-0.1, -0.05) is 35.5 Å². The van der Waals surface area contributed by atoms with E-state index in [2.05, 4.69) is 10.1 Å². The summed E-state index contributed by atoms with van der Waals surface area (Å²) < 4.78 is 48.7. The maximum Gasteiger partial charge on any atom is 0.416 e. The Labute approximate surface area is 160 Å². The Morgan fingerprint density at radius 3 is 2.43 bits per heavy atom. The van der Waals surface area contributed by atoms with Crippen LogP contribution in [0.2, 0.25) is 0 Å². The van der Waals surface area contributed by atoms with Gasteiger partial charge >= 0.3 is 6.18 Å². The van der Waals surface area contributed by atoms with E-state index in [-0.39, 0.29) is 11.9 Å². The Balaban J connectivity index is 1.72. The fourth-order valence-electron chi connectivity index (χ4n) is 2.84. The van der Waals surface area contributed by atoms with Crippen LogP contribution in [0.1, 0.15) is 30.0 Å². The maximum atomic E-state index is 12.7. The van der Waals surface area contributed by atoms with Gasteiger partial charge in [0.25, 0.3) is 0 Å². The van der Waals surface area contributed by atoms with Crippen molar-refractivity contribution in [3.8, 4) is 17.1 Å². The van der Waals surface area contributed by atoms with Gasteiger partial charge in [0.05, 0.1) is 19.2 Å². The number of hydrogen-bond donors (Lipinski definition) is 0. The van der Waals surface area contributed by atoms with Crippen LogP contribution in [0.3, 0.4) is 0 Å². The zero-order chi connectivity index (χ0) is 20.3. The van der Waals surface area contributed by atoms with Crippen LogP contribution < -0.4 is 4.74 Å². The highest BCUT2D eigenvalue weighted by Crippen LogP contribution is 2.31. The molecule has 0 aliphatic rings. The standard InChI is InChI=1S/C20H20F3N3O2/c1-13(16-6-4-5-7-17(16)27-3)26(2)12-18-24-19(25-28-18)14-8-10-15(11-9-14)20(21,22)23/h4-11,13H,12H2,1-3H3/t13-/m1/s1. The molecule has 0 fully saturated rings. The molecule has 0 radical (unpaired) electrons. The monoisotopic (exact) mass is 391 g/mol. The second-order valence-electron chi connectivity index (χ2n) is 6.42. The Morgan fingerprint density at radius 1 is 1.11 bits per heavy atom. The van der Waals surface area contributed by atoms with Gasteiger partial charge < -0.3 is 9.26 Å². The lowest BCUT2D eigenvalue weighted by atomic mass is 10.1. The van der Waals surface area contributed by atoms with Crippen molar-refractivity contribution in [1.82, 2.24) is 15.0 Å². The SMILES string of the molecule is COc1ccccc1[C@@H](C)N(C)Cc1nc(-c2ccc(C(F)(F)F)cc2)no1. The number of methoxy groups -OCH3 is 1. The summed E-state index contributed by atoms with van der Waals surface area (Å²) in [6.07, 6.45) is -4.38. The summed E-state index contributed by atoms with van der Waals surface area (Å²) in [6, 6.07) is 12.4. The molecule has 0 unspecified atom stereocenters. The molecule has 1 aromatic heterocycles. The van der Waals surface area contributed by atoms with Crippen LogP contribution in [0.4, 0.5) is 13.2 Å². The van der Waals surface area contributed by atoms with E-state index in [1.165, 1.54) is 12.1 Å². The van der Waals surface area contributed by atoms with Crippen LogP contribution in [-0.2, 0) is 12.7 Å². The van der Waals surface area contributed by atoms with Crippen LogP contribution in [0, 0.1) is 0 Å². The third kappa shape index (κ3) is 4.33. The Hall–Kier alpha value is -2.87. The summed E-state index contributed by atoms with van der Waals surface area (Å²) in [4.78, 5) is 6.31. The van der Waals surface area contributed by atoms with Crippen molar-refractivity contribution in [3.63, 3.8) is 0 Å². The van der Waals surface area contributed by atoms with E-state index in [9.17, 15) is 13.2 Å². The van der Waals surface area contributed by atoms with Gasteiger partial charge in [0.15, 0.2) is 0 Å². The number of nitrogens with zero attached hydrogens (tertiary/aromatic N) is 3. The summed E-state index contributed by atoms with van der Waals surface area (Å²) in [5, 5.41) is 3.88. The summed E-state index contributed by atoms with van der Waals surface area (Å²) in [7, 11) is 3.54. The number of ether oxygens (including phenoxy) is 1. The minimum absolute atomic E-state index is 0.0255. The molecule has 28 heavy (non-hydrogen) atoms. The zero-order valence-electron chi connectivity index (χ0n) is 15.7. The number of rotatable bonds is 6. The summed E-state index contributed by atoms with van der Waals surface area (Å²) in [5.74, 6) is 1.42. The topological polar surface area (TPSA) is 51.4 Å². The first-order valence-corrected chi connectivity index (χ1v) is 8.63. The second kappa shape index (κ2) is 8.02. The summed E-state index contributed by atoms with van der Waals surface area (Å²) in [6.45, 7) is 2.41. The maximum absolute atomic E-state index is 12.7. The van der Waals surface area contributed by atoms with Gasteiger partial charge in [0.2, 0.25) is 11.7 Å². The number of benzene rings is 2. The third-order valence-electron chi connectivity index (χ3n) is 4.57. The van der Waals surface area contributed by atoms with E-state index in [1.807, 2.05) is 43.1 Å². The lowest BCUT2D eigenvalue weighted by Gasteiger charge is -2.24. The van der Waals surface area contributed by atoms with Gasteiger partial charge in [-0.3, -0.25) is 4.90 Å². The predicted molar refractivity (Wildman–Crippen MR) is 97.6 cm³/mol. The van der Waals surface area contributed by atoms with Gasteiger partial charge in [-0.2, -0.15) is 18.2 Å². The summed E-state index contributed by atoms with van der Waals surface area (Å²) >= 11 is 0. The molecule has 1 heterocycles. The van der Waals surface area contributed by atoms with Crippen molar-refractivity contribution in [1.29, 1.82) is 0 Å². The first kappa shape index (κ1) is 19.9. The third-order valence-corrected chi connectivity index (χ3v) is 4.57. The average molecular weight is 391 g/mol. The number of halogens is 3. The van der Waals surface area contributed by atoms with Crippen molar-refractivity contribution in [2.45, 2.75) is 25.7 Å². The minimum atomic E-state index is -4.38. The molecule has 0 aliphatic heterocycles. The van der Waals surface area contributed by atoms with Crippen LogP contribution in [0.5, 0.6) is 5.75 Å². The van der Waals surface area contributed by atoms with Gasteiger partial charge in [0.1, 0.15) is 5.75 Å². The highest BCUT2D eigenvalue weighted by Gasteiger charge is 2.30. The molecule has 3 rings (SSSR count). The molecule has 0 aliphatic carbocycles. The average Bonchev–Trinajstić information content (AvgIpc) is 3.15. The van der Waals surface area contributed by atoms with Crippen molar-refractivity contribution in [2.24, 2.45) is 0 Å². The first-order chi connectivity index (χ1) is 13.3. The smallest absolute Gasteiger partial charge is 0.416 e. The van der Waals surface area contributed by atoms with Crippen molar-refractivity contribution >= 4 is 0 Å². The van der Waals surface area contributed by atoms with E-state index in [0.29, 0.717) is 18.0 Å². The van der Waals surface area contributed by atoms with E-state index < -0.39 is 11.7 Å². The quantitative estimate of drug-likeness (QED) is 0.595. The fraction of sp³-hybridized carbons (Fsp3) is 0.300. The Morgan fingerprint density at radius 2 is 1.79 bits per heavy atom. The molecule has 2 aromatic carbocycles. The number of aromatic nitrogens is 2. The van der Waals surface area contributed by atoms with Crippen LogP contribution in [0.25, 0.3) is 11.4 Å². The largest absolute Gasteiger partial charge is 0.496 e. The molecule has 148 valence electrons. The molecule has 0 bridgehead atoms. The molecule has 0 saturated heterocycles. The minimum Gasteiger partial charge on any atom is -0.496 e. The van der Waals surface area contributed by atoms with Crippen LogP contribution in [-0.4, -0.2) is 29.2 Å². The lowest BCUT2D eigenvalue weighted by molar-refractivity contribution is -0.137.